The van der Waals surface area contributed by atoms with Crippen molar-refractivity contribution in [3.63, 3.8) is 0 Å². The highest BCUT2D eigenvalue weighted by Crippen LogP contribution is 2.15. The molecule has 1 saturated heterocycles. The van der Waals surface area contributed by atoms with E-state index >= 15 is 0 Å². The Labute approximate surface area is 142 Å². The first-order valence-corrected chi connectivity index (χ1v) is 8.58. The fraction of sp³-hybridized carbons (Fsp3) is 0.562. The lowest BCUT2D eigenvalue weighted by Crippen LogP contribution is -3.13. The number of thiocarbonyl (C=S) groups is 1. The van der Waals surface area contributed by atoms with Gasteiger partial charge in [0.2, 0.25) is 0 Å². The summed E-state index contributed by atoms with van der Waals surface area (Å²) in [5.41, 5.74) is 0.831. The topological polar surface area (TPSA) is 71.6 Å². The monoisotopic (exact) mass is 337 g/mol. The van der Waals surface area contributed by atoms with Gasteiger partial charge in [0, 0.05) is 30.8 Å². The molecule has 2 rings (SSSR count). The number of likely N-dealkylation sites (tertiary alicyclic amines) is 1. The van der Waals surface area contributed by atoms with Crippen LogP contribution in [0.2, 0.25) is 0 Å². The minimum atomic E-state index is -0.413. The van der Waals surface area contributed by atoms with E-state index in [1.54, 1.807) is 17.0 Å². The van der Waals surface area contributed by atoms with E-state index in [1.165, 1.54) is 44.6 Å². The number of nitro benzene ring substituents is 1. The molecule has 0 aliphatic carbocycles. The maximum Gasteiger partial charge on any atom is 0.269 e. The standard InChI is InChI=1S/C16H24N4O2S/c1-13-7-11-19(12-8-13)10-2-9-17-16(23)18-14-3-5-15(6-4-14)20(21)22/h3-6,13H,2,7-12H2,1H3,(H2,17,18,23)/p+1. The molecule has 23 heavy (non-hydrogen) atoms. The molecule has 1 fully saturated rings. The van der Waals surface area contributed by atoms with E-state index in [0.29, 0.717) is 5.11 Å². The number of nitrogens with zero attached hydrogens (tertiary/aromatic N) is 1. The number of rotatable bonds is 6. The van der Waals surface area contributed by atoms with Crippen LogP contribution >= 0.6 is 12.2 Å². The van der Waals surface area contributed by atoms with Gasteiger partial charge in [-0.2, -0.15) is 0 Å². The van der Waals surface area contributed by atoms with Gasteiger partial charge in [-0.05, 0) is 43.1 Å². The third-order valence-electron chi connectivity index (χ3n) is 4.31. The molecule has 1 aliphatic heterocycles. The van der Waals surface area contributed by atoms with Crippen molar-refractivity contribution in [2.75, 3.05) is 31.5 Å². The molecule has 1 heterocycles. The third-order valence-corrected chi connectivity index (χ3v) is 4.56. The molecule has 0 bridgehead atoms. The van der Waals surface area contributed by atoms with E-state index < -0.39 is 4.92 Å². The third kappa shape index (κ3) is 6.11. The first-order chi connectivity index (χ1) is 11.0. The maximum atomic E-state index is 10.6. The van der Waals surface area contributed by atoms with Crippen LogP contribution in [0.5, 0.6) is 0 Å². The zero-order chi connectivity index (χ0) is 16.7. The summed E-state index contributed by atoms with van der Waals surface area (Å²) in [6.45, 7) is 6.93. The SMILES string of the molecule is CC1CC[NH+](CCCNC(=S)Nc2ccc([N+](=O)[O-])cc2)CC1. The maximum absolute atomic E-state index is 10.6. The Bertz CT molecular complexity index is 527. The minimum Gasteiger partial charge on any atom is -0.362 e. The van der Waals surface area contributed by atoms with Crippen molar-refractivity contribution in [3.8, 4) is 0 Å². The zero-order valence-electron chi connectivity index (χ0n) is 13.5. The molecule has 0 unspecified atom stereocenters. The normalized spacial score (nSPS) is 20.7. The van der Waals surface area contributed by atoms with Crippen molar-refractivity contribution >= 4 is 28.7 Å². The van der Waals surface area contributed by atoms with Crippen LogP contribution in [0, 0.1) is 16.0 Å². The van der Waals surface area contributed by atoms with Crippen LogP contribution in [0.4, 0.5) is 11.4 Å². The summed E-state index contributed by atoms with van der Waals surface area (Å²) in [7, 11) is 0. The lowest BCUT2D eigenvalue weighted by atomic mass is 9.99. The first kappa shape index (κ1) is 17.6. The number of nitro groups is 1. The second-order valence-corrected chi connectivity index (χ2v) is 6.63. The molecule has 6 nitrogen and oxygen atoms in total. The smallest absolute Gasteiger partial charge is 0.269 e. The average molecular weight is 337 g/mol. The van der Waals surface area contributed by atoms with Crippen LogP contribution in [-0.4, -0.2) is 36.2 Å². The number of hydrogen-bond donors (Lipinski definition) is 3. The Hall–Kier alpha value is -1.73. The number of nitrogens with one attached hydrogen (secondary N) is 3. The molecule has 0 saturated carbocycles. The van der Waals surface area contributed by atoms with E-state index in [0.717, 1.165) is 24.6 Å². The first-order valence-electron chi connectivity index (χ1n) is 8.17. The lowest BCUT2D eigenvalue weighted by molar-refractivity contribution is -0.906. The molecule has 0 spiro atoms. The van der Waals surface area contributed by atoms with Crippen LogP contribution < -0.4 is 15.5 Å². The van der Waals surface area contributed by atoms with E-state index in [4.69, 9.17) is 12.2 Å². The lowest BCUT2D eigenvalue weighted by Gasteiger charge is -2.27. The van der Waals surface area contributed by atoms with Crippen molar-refractivity contribution in [1.29, 1.82) is 0 Å². The molecule has 7 heteroatoms. The predicted octanol–water partition coefficient (Wildman–Crippen LogP) is 1.59. The number of benzene rings is 1. The largest absolute Gasteiger partial charge is 0.362 e. The number of non-ortho nitro benzene ring substituents is 1. The van der Waals surface area contributed by atoms with Crippen LogP contribution in [-0.2, 0) is 0 Å². The number of hydrogen-bond acceptors (Lipinski definition) is 3. The highest BCUT2D eigenvalue weighted by atomic mass is 32.1. The summed E-state index contributed by atoms with van der Waals surface area (Å²) >= 11 is 5.24. The Balaban J connectivity index is 1.62. The number of piperidine rings is 1. The quantitative estimate of drug-likeness (QED) is 0.318. The van der Waals surface area contributed by atoms with Gasteiger partial charge >= 0.3 is 0 Å². The molecular weight excluding hydrogens is 312 g/mol. The molecule has 1 aromatic rings. The summed E-state index contributed by atoms with van der Waals surface area (Å²) in [5, 5.41) is 17.4. The summed E-state index contributed by atoms with van der Waals surface area (Å²) in [5.74, 6) is 0.885. The summed E-state index contributed by atoms with van der Waals surface area (Å²) in [4.78, 5) is 11.9. The molecule has 0 radical (unpaired) electrons. The van der Waals surface area contributed by atoms with Crippen LogP contribution in [0.1, 0.15) is 26.2 Å². The van der Waals surface area contributed by atoms with E-state index in [9.17, 15) is 10.1 Å². The second-order valence-electron chi connectivity index (χ2n) is 6.22. The van der Waals surface area contributed by atoms with Gasteiger partial charge in [-0.25, -0.2) is 0 Å². The molecule has 126 valence electrons. The fourth-order valence-electron chi connectivity index (χ4n) is 2.80. The van der Waals surface area contributed by atoms with E-state index in [1.807, 2.05) is 0 Å². The van der Waals surface area contributed by atoms with Gasteiger partial charge in [0.1, 0.15) is 0 Å². The van der Waals surface area contributed by atoms with Crippen molar-refractivity contribution in [1.82, 2.24) is 5.32 Å². The van der Waals surface area contributed by atoms with Crippen molar-refractivity contribution in [2.45, 2.75) is 26.2 Å². The molecule has 0 atom stereocenters. The Kier molecular flexibility index (Phi) is 6.73. The highest BCUT2D eigenvalue weighted by molar-refractivity contribution is 7.80. The summed E-state index contributed by atoms with van der Waals surface area (Å²) in [6.07, 6.45) is 3.76. The average Bonchev–Trinajstić information content (AvgIpc) is 2.54. The van der Waals surface area contributed by atoms with E-state index in [-0.39, 0.29) is 5.69 Å². The van der Waals surface area contributed by atoms with Gasteiger partial charge < -0.3 is 15.5 Å². The van der Waals surface area contributed by atoms with Crippen LogP contribution in [0.3, 0.4) is 0 Å². The summed E-state index contributed by atoms with van der Waals surface area (Å²) < 4.78 is 0. The molecule has 1 aliphatic rings. The van der Waals surface area contributed by atoms with E-state index in [2.05, 4.69) is 17.6 Å². The zero-order valence-corrected chi connectivity index (χ0v) is 14.3. The van der Waals surface area contributed by atoms with Crippen molar-refractivity contribution < 1.29 is 9.82 Å². The van der Waals surface area contributed by atoms with Crippen LogP contribution in [0.25, 0.3) is 0 Å². The van der Waals surface area contributed by atoms with Crippen LogP contribution in [0.15, 0.2) is 24.3 Å². The predicted molar refractivity (Wildman–Crippen MR) is 95.9 cm³/mol. The summed E-state index contributed by atoms with van der Waals surface area (Å²) in [6, 6.07) is 6.24. The van der Waals surface area contributed by atoms with Gasteiger partial charge in [0.25, 0.3) is 5.69 Å². The second kappa shape index (κ2) is 8.79. The molecule has 0 amide bonds. The molecule has 0 aromatic heterocycles. The number of anilines is 1. The fourth-order valence-corrected chi connectivity index (χ4v) is 3.02. The van der Waals surface area contributed by atoms with Crippen molar-refractivity contribution in [3.05, 3.63) is 34.4 Å². The minimum absolute atomic E-state index is 0.0771. The molecular formula is C16H25N4O2S+. The molecule has 3 N–H and O–H groups in total. The highest BCUT2D eigenvalue weighted by Gasteiger charge is 2.17. The van der Waals surface area contributed by atoms with Crippen molar-refractivity contribution in [2.24, 2.45) is 5.92 Å². The van der Waals surface area contributed by atoms with Gasteiger partial charge in [-0.15, -0.1) is 0 Å². The van der Waals surface area contributed by atoms with Gasteiger partial charge in [0.05, 0.1) is 24.6 Å². The Morgan fingerprint density at radius 3 is 2.61 bits per heavy atom. The van der Waals surface area contributed by atoms with Gasteiger partial charge in [0.15, 0.2) is 5.11 Å². The number of quaternary nitrogens is 1. The Morgan fingerprint density at radius 2 is 2.00 bits per heavy atom. The Morgan fingerprint density at radius 1 is 1.35 bits per heavy atom. The van der Waals surface area contributed by atoms with Gasteiger partial charge in [-0.3, -0.25) is 10.1 Å². The molecule has 1 aromatic carbocycles. The van der Waals surface area contributed by atoms with Gasteiger partial charge in [-0.1, -0.05) is 6.92 Å².